The van der Waals surface area contributed by atoms with Gasteiger partial charge < -0.3 is 5.32 Å². The van der Waals surface area contributed by atoms with Gasteiger partial charge in [-0.1, -0.05) is 35.2 Å². The van der Waals surface area contributed by atoms with Crippen molar-refractivity contribution in [2.24, 2.45) is 4.99 Å². The number of amides is 1. The molecule has 2 aromatic carbocycles. The predicted octanol–water partition coefficient (Wildman–Crippen LogP) is 5.41. The Morgan fingerprint density at radius 3 is 2.53 bits per heavy atom. The molecule has 2 heterocycles. The summed E-state index contributed by atoms with van der Waals surface area (Å²) in [5.74, 6) is -0.288. The summed E-state index contributed by atoms with van der Waals surface area (Å²) in [6.45, 7) is 5.81. The van der Waals surface area contributed by atoms with Gasteiger partial charge >= 0.3 is 0 Å². The molecule has 1 fully saturated rings. The molecule has 1 saturated heterocycles. The van der Waals surface area contributed by atoms with Crippen molar-refractivity contribution in [1.82, 2.24) is 15.5 Å². The molecule has 1 amide bonds. The van der Waals surface area contributed by atoms with Gasteiger partial charge in [0.05, 0.1) is 20.4 Å². The van der Waals surface area contributed by atoms with E-state index in [1.165, 1.54) is 40.9 Å². The number of rotatable bonds is 5. The predicted molar refractivity (Wildman–Crippen MR) is 129 cm³/mol. The third kappa shape index (κ3) is 5.23. The monoisotopic (exact) mass is 483 g/mol. The topological polar surface area (TPSA) is 110 Å². The quantitative estimate of drug-likeness (QED) is 0.293. The lowest BCUT2D eigenvalue weighted by atomic mass is 10.1. The molecular weight excluding hydrogens is 466 g/mol. The van der Waals surface area contributed by atoms with Crippen molar-refractivity contribution in [3.8, 4) is 0 Å². The number of nitrogens with zero attached hydrogens (tertiary/aromatic N) is 4. The van der Waals surface area contributed by atoms with Gasteiger partial charge in [0, 0.05) is 6.07 Å². The fourth-order valence-electron chi connectivity index (χ4n) is 3.03. The molecule has 1 aromatic heterocycles. The summed E-state index contributed by atoms with van der Waals surface area (Å²) in [7, 11) is 0. The van der Waals surface area contributed by atoms with Crippen molar-refractivity contribution in [2.45, 2.75) is 30.0 Å². The smallest absolute Gasteiger partial charge is 0.283 e. The second-order valence-corrected chi connectivity index (χ2v) is 10.5. The molecule has 3 aromatic rings. The molecule has 8 nitrogen and oxygen atoms in total. The van der Waals surface area contributed by atoms with E-state index >= 15 is 0 Å². The third-order valence-corrected chi connectivity index (χ3v) is 7.13. The Hall–Kier alpha value is -3.02. The zero-order chi connectivity index (χ0) is 22.8. The molecule has 0 atom stereocenters. The van der Waals surface area contributed by atoms with Crippen LogP contribution in [0.5, 0.6) is 0 Å². The Labute approximate surface area is 196 Å². The van der Waals surface area contributed by atoms with Gasteiger partial charge in [-0.3, -0.25) is 14.9 Å². The zero-order valence-corrected chi connectivity index (χ0v) is 19.7. The van der Waals surface area contributed by atoms with E-state index in [-0.39, 0.29) is 11.6 Å². The molecule has 0 aliphatic carbocycles. The van der Waals surface area contributed by atoms with Crippen LogP contribution < -0.4 is 5.32 Å². The summed E-state index contributed by atoms with van der Waals surface area (Å²) >= 11 is 3.77. The SMILES string of the molecule is Cc1cc(C)cc(N=C2NC(=O)/C(=C/c3ccc(Sc4nnc(C)s4)c([N+](=O)[O-])c3)S2)c1. The number of aryl methyl sites for hydroxylation is 3. The largest absolute Gasteiger partial charge is 0.300 e. The van der Waals surface area contributed by atoms with Crippen LogP contribution in [-0.2, 0) is 4.79 Å². The second kappa shape index (κ2) is 9.23. The number of carbonyl (C=O) groups is 1. The molecule has 1 aliphatic rings. The number of hydrogen-bond acceptors (Lipinski definition) is 9. The summed E-state index contributed by atoms with van der Waals surface area (Å²) in [5, 5.41) is 23.6. The highest BCUT2D eigenvalue weighted by Gasteiger charge is 2.25. The summed E-state index contributed by atoms with van der Waals surface area (Å²) in [6.07, 6.45) is 1.63. The molecule has 0 unspecified atom stereocenters. The minimum absolute atomic E-state index is 0.0512. The number of benzene rings is 2. The molecule has 0 radical (unpaired) electrons. The van der Waals surface area contributed by atoms with Gasteiger partial charge in [0.2, 0.25) is 0 Å². The van der Waals surface area contributed by atoms with Crippen LogP contribution in [0.1, 0.15) is 21.7 Å². The van der Waals surface area contributed by atoms with Crippen LogP contribution in [0.2, 0.25) is 0 Å². The van der Waals surface area contributed by atoms with Gasteiger partial charge in [0.25, 0.3) is 11.6 Å². The first-order valence-electron chi connectivity index (χ1n) is 9.41. The maximum absolute atomic E-state index is 12.4. The van der Waals surface area contributed by atoms with Crippen molar-refractivity contribution in [2.75, 3.05) is 0 Å². The van der Waals surface area contributed by atoms with Crippen LogP contribution >= 0.6 is 34.9 Å². The van der Waals surface area contributed by atoms with E-state index in [0.29, 0.717) is 24.9 Å². The zero-order valence-electron chi connectivity index (χ0n) is 17.3. The molecular formula is C21H17N5O3S3. The van der Waals surface area contributed by atoms with Crippen molar-refractivity contribution < 1.29 is 9.72 Å². The Kier molecular flexibility index (Phi) is 6.40. The molecule has 0 saturated carbocycles. The highest BCUT2D eigenvalue weighted by atomic mass is 32.2. The van der Waals surface area contributed by atoms with Gasteiger partial charge in [-0.25, -0.2) is 4.99 Å². The van der Waals surface area contributed by atoms with Gasteiger partial charge in [-0.2, -0.15) is 0 Å². The van der Waals surface area contributed by atoms with Crippen molar-refractivity contribution >= 4 is 63.4 Å². The Morgan fingerprint density at radius 1 is 1.12 bits per heavy atom. The highest BCUT2D eigenvalue weighted by Crippen LogP contribution is 2.37. The summed E-state index contributed by atoms with van der Waals surface area (Å²) in [5.41, 5.74) is 3.44. The number of hydrogen-bond donors (Lipinski definition) is 1. The van der Waals surface area contributed by atoms with E-state index in [9.17, 15) is 14.9 Å². The standard InChI is InChI=1S/C21H17N5O3S3/c1-11-6-12(2)8-15(7-11)22-20-23-19(27)18(31-20)10-14-4-5-17(16(9-14)26(28)29)32-21-25-24-13(3)30-21/h4-10H,1-3H3,(H,22,23,27)/b18-10-. The van der Waals surface area contributed by atoms with Crippen LogP contribution in [0.25, 0.3) is 6.08 Å². The van der Waals surface area contributed by atoms with E-state index in [2.05, 4.69) is 26.6 Å². The fraction of sp³-hybridized carbons (Fsp3) is 0.143. The van der Waals surface area contributed by atoms with Crippen molar-refractivity contribution in [1.29, 1.82) is 0 Å². The van der Waals surface area contributed by atoms with Gasteiger partial charge in [-0.05, 0) is 73.5 Å². The molecule has 32 heavy (non-hydrogen) atoms. The average Bonchev–Trinajstić information content (AvgIpc) is 3.26. The van der Waals surface area contributed by atoms with E-state index in [1.54, 1.807) is 18.2 Å². The van der Waals surface area contributed by atoms with Gasteiger partial charge in [0.1, 0.15) is 5.01 Å². The van der Waals surface area contributed by atoms with Crippen molar-refractivity contribution in [3.63, 3.8) is 0 Å². The Bertz CT molecular complexity index is 1280. The van der Waals surface area contributed by atoms with Crippen LogP contribution in [0, 0.1) is 30.9 Å². The first-order valence-corrected chi connectivity index (χ1v) is 11.9. The van der Waals surface area contributed by atoms with Crippen LogP contribution in [0.3, 0.4) is 0 Å². The third-order valence-electron chi connectivity index (χ3n) is 4.27. The Balaban J connectivity index is 1.59. The average molecular weight is 484 g/mol. The lowest BCUT2D eigenvalue weighted by molar-refractivity contribution is -0.387. The molecule has 0 spiro atoms. The molecule has 162 valence electrons. The second-order valence-electron chi connectivity index (χ2n) is 7.00. The fourth-order valence-corrected chi connectivity index (χ4v) is 5.73. The van der Waals surface area contributed by atoms with E-state index in [0.717, 1.165) is 21.8 Å². The van der Waals surface area contributed by atoms with E-state index in [1.807, 2.05) is 32.9 Å². The number of nitrogens with one attached hydrogen (secondary N) is 1. The van der Waals surface area contributed by atoms with E-state index in [4.69, 9.17) is 0 Å². The van der Waals surface area contributed by atoms with Crippen molar-refractivity contribution in [3.05, 3.63) is 73.1 Å². The molecule has 1 aliphatic heterocycles. The normalized spacial score (nSPS) is 16.0. The van der Waals surface area contributed by atoms with Gasteiger partial charge in [0.15, 0.2) is 9.51 Å². The highest BCUT2D eigenvalue weighted by molar-refractivity contribution is 8.18. The molecule has 11 heteroatoms. The maximum Gasteiger partial charge on any atom is 0.283 e. The summed E-state index contributed by atoms with van der Waals surface area (Å²) < 4.78 is 0.634. The number of aromatic nitrogens is 2. The minimum Gasteiger partial charge on any atom is -0.300 e. The molecule has 4 rings (SSSR count). The number of aliphatic imine (C=N–C) groups is 1. The number of carbonyl (C=O) groups excluding carboxylic acids is 1. The van der Waals surface area contributed by atoms with Crippen LogP contribution in [-0.4, -0.2) is 26.2 Å². The van der Waals surface area contributed by atoms with Crippen LogP contribution in [0.4, 0.5) is 11.4 Å². The molecule has 1 N–H and O–H groups in total. The first kappa shape index (κ1) is 22.2. The number of nitro benzene ring substituents is 1. The first-order chi connectivity index (χ1) is 15.3. The van der Waals surface area contributed by atoms with Gasteiger partial charge in [-0.15, -0.1) is 10.2 Å². The minimum atomic E-state index is -0.437. The number of amidine groups is 1. The summed E-state index contributed by atoms with van der Waals surface area (Å²) in [4.78, 5) is 29.0. The number of nitro groups is 1. The number of thioether (sulfide) groups is 1. The lowest BCUT2D eigenvalue weighted by Gasteiger charge is -2.02. The van der Waals surface area contributed by atoms with E-state index < -0.39 is 4.92 Å². The summed E-state index contributed by atoms with van der Waals surface area (Å²) in [6, 6.07) is 10.8. The molecule has 0 bridgehead atoms. The Morgan fingerprint density at radius 2 is 1.88 bits per heavy atom. The van der Waals surface area contributed by atoms with Crippen LogP contribution in [0.15, 0.2) is 55.5 Å². The lowest BCUT2D eigenvalue weighted by Crippen LogP contribution is -2.19. The maximum atomic E-state index is 12.4.